The fraction of sp³-hybridized carbons (Fsp3) is 0.750. The first kappa shape index (κ1) is 23.8. The minimum atomic E-state index is -2.92. The molecule has 0 aromatic carbocycles. The van der Waals surface area contributed by atoms with Crippen LogP contribution in [0.5, 0.6) is 0 Å². The molecule has 0 bridgehead atoms. The zero-order chi connectivity index (χ0) is 22.8. The summed E-state index contributed by atoms with van der Waals surface area (Å²) in [4.78, 5) is 32.8. The minimum absolute atomic E-state index is 0.0266. The Morgan fingerprint density at radius 2 is 2.23 bits per heavy atom. The number of thiazole rings is 1. The van der Waals surface area contributed by atoms with Gasteiger partial charge in [-0.15, -0.1) is 0 Å². The number of nitrogens with zero attached hydrogens (tertiary/aromatic N) is 3. The molecule has 2 atom stereocenters. The molecule has 1 N–H and O–H groups in total. The first-order valence-corrected chi connectivity index (χ1v) is 11.2. The number of piperidine rings is 1. The first-order chi connectivity index (χ1) is 14.4. The van der Waals surface area contributed by atoms with Gasteiger partial charge in [0.2, 0.25) is 5.91 Å². The van der Waals surface area contributed by atoms with Crippen molar-refractivity contribution in [1.82, 2.24) is 14.8 Å². The Labute approximate surface area is 184 Å². The van der Waals surface area contributed by atoms with Crippen LogP contribution in [0.2, 0.25) is 0 Å². The number of hydrogen-bond acceptors (Lipinski definition) is 7. The van der Waals surface area contributed by atoms with E-state index in [0.29, 0.717) is 36.2 Å². The van der Waals surface area contributed by atoms with Crippen molar-refractivity contribution in [2.45, 2.75) is 64.2 Å². The highest BCUT2D eigenvalue weighted by molar-refractivity contribution is 7.15. The van der Waals surface area contributed by atoms with Crippen molar-refractivity contribution in [2.24, 2.45) is 0 Å². The SMILES string of the molecule is C[C@@H]1CN(CC(c2cnc(NC(=O)OC(C)(C)C)s2)N2CC(F)(F)CCC2=O)CCO1. The number of rotatable bonds is 5. The number of ether oxygens (including phenoxy) is 2. The summed E-state index contributed by atoms with van der Waals surface area (Å²) in [7, 11) is 0. The second kappa shape index (κ2) is 9.33. The number of nitrogens with one attached hydrogen (secondary N) is 1. The van der Waals surface area contributed by atoms with Gasteiger partial charge in [0, 0.05) is 38.7 Å². The van der Waals surface area contributed by atoms with Gasteiger partial charge in [-0.2, -0.15) is 0 Å². The van der Waals surface area contributed by atoms with E-state index in [1.165, 1.54) is 11.1 Å². The fourth-order valence-electron chi connectivity index (χ4n) is 3.67. The Bertz CT molecular complexity index is 798. The third-order valence-corrected chi connectivity index (χ3v) is 6.03. The minimum Gasteiger partial charge on any atom is -0.444 e. The monoisotopic (exact) mass is 460 g/mol. The van der Waals surface area contributed by atoms with Crippen molar-refractivity contribution in [3.8, 4) is 0 Å². The Morgan fingerprint density at radius 3 is 2.90 bits per heavy atom. The molecule has 2 saturated heterocycles. The summed E-state index contributed by atoms with van der Waals surface area (Å²) in [6.07, 6.45) is 0.292. The summed E-state index contributed by atoms with van der Waals surface area (Å²) in [5.74, 6) is -3.22. The summed E-state index contributed by atoms with van der Waals surface area (Å²) in [5, 5.41) is 2.87. The number of likely N-dealkylation sites (tertiary alicyclic amines) is 1. The van der Waals surface area contributed by atoms with Crippen molar-refractivity contribution < 1.29 is 27.8 Å². The molecule has 0 saturated carbocycles. The summed E-state index contributed by atoms with van der Waals surface area (Å²) in [6.45, 7) is 8.83. The van der Waals surface area contributed by atoms with Crippen molar-refractivity contribution in [3.05, 3.63) is 11.1 Å². The van der Waals surface area contributed by atoms with E-state index in [9.17, 15) is 18.4 Å². The van der Waals surface area contributed by atoms with E-state index in [-0.39, 0.29) is 18.4 Å². The van der Waals surface area contributed by atoms with Crippen LogP contribution in [0.1, 0.15) is 51.5 Å². The Kier molecular flexibility index (Phi) is 7.17. The zero-order valence-corrected chi connectivity index (χ0v) is 19.1. The van der Waals surface area contributed by atoms with E-state index in [2.05, 4.69) is 15.2 Å². The van der Waals surface area contributed by atoms with E-state index < -0.39 is 36.6 Å². The summed E-state index contributed by atoms with van der Waals surface area (Å²) in [5.41, 5.74) is -0.661. The number of anilines is 1. The van der Waals surface area contributed by atoms with E-state index in [1.807, 2.05) is 6.92 Å². The standard InChI is InChI=1S/C20H30F2N4O4S/c1-13-10-25(7-8-29-13)11-14(26-12-20(21,22)6-5-16(26)27)15-9-23-17(31-15)24-18(28)30-19(2,3)4/h9,13-14H,5-8,10-12H2,1-4H3,(H,23,24,28)/t13-,14?/m1/s1. The Morgan fingerprint density at radius 1 is 1.48 bits per heavy atom. The number of carbonyl (C=O) groups excluding carboxylic acids is 2. The Hall–Kier alpha value is -1.85. The van der Waals surface area contributed by atoms with Gasteiger partial charge in [-0.05, 0) is 27.7 Å². The molecule has 3 rings (SSSR count). The van der Waals surface area contributed by atoms with Crippen LogP contribution in [0.4, 0.5) is 18.7 Å². The van der Waals surface area contributed by atoms with Gasteiger partial charge in [0.25, 0.3) is 5.92 Å². The van der Waals surface area contributed by atoms with Gasteiger partial charge in [0.15, 0.2) is 5.13 Å². The molecular weight excluding hydrogens is 430 g/mol. The van der Waals surface area contributed by atoms with Crippen molar-refractivity contribution in [3.63, 3.8) is 0 Å². The van der Waals surface area contributed by atoms with Gasteiger partial charge in [-0.1, -0.05) is 11.3 Å². The molecule has 0 spiro atoms. The van der Waals surface area contributed by atoms with Crippen LogP contribution in [0.15, 0.2) is 6.20 Å². The number of carbonyl (C=O) groups is 2. The number of morpholine rings is 1. The number of alkyl halides is 2. The lowest BCUT2D eigenvalue weighted by molar-refractivity contribution is -0.152. The van der Waals surface area contributed by atoms with Crippen LogP contribution in [0, 0.1) is 0 Å². The number of amides is 2. The van der Waals surface area contributed by atoms with Crippen molar-refractivity contribution >= 4 is 28.5 Å². The molecule has 8 nitrogen and oxygen atoms in total. The zero-order valence-electron chi connectivity index (χ0n) is 18.3. The summed E-state index contributed by atoms with van der Waals surface area (Å²) < 4.78 is 39.1. The Balaban J connectivity index is 1.80. The second-order valence-electron chi connectivity index (χ2n) is 9.03. The predicted molar refractivity (Wildman–Crippen MR) is 112 cm³/mol. The van der Waals surface area contributed by atoms with Crippen molar-refractivity contribution in [2.75, 3.05) is 38.1 Å². The quantitative estimate of drug-likeness (QED) is 0.724. The van der Waals surface area contributed by atoms with Gasteiger partial charge in [-0.3, -0.25) is 15.0 Å². The maximum atomic E-state index is 14.2. The van der Waals surface area contributed by atoms with E-state index in [1.54, 1.807) is 20.8 Å². The van der Waals surface area contributed by atoms with Crippen molar-refractivity contribution in [1.29, 1.82) is 0 Å². The van der Waals surface area contributed by atoms with Gasteiger partial charge in [0.05, 0.1) is 30.2 Å². The highest BCUT2D eigenvalue weighted by atomic mass is 32.1. The van der Waals surface area contributed by atoms with E-state index in [0.717, 1.165) is 11.3 Å². The third kappa shape index (κ3) is 6.81. The molecule has 2 fully saturated rings. The molecule has 31 heavy (non-hydrogen) atoms. The number of hydrogen-bond donors (Lipinski definition) is 1. The first-order valence-electron chi connectivity index (χ1n) is 10.4. The largest absolute Gasteiger partial charge is 0.444 e. The van der Waals surface area contributed by atoms with Crippen LogP contribution in [-0.4, -0.2) is 77.2 Å². The lowest BCUT2D eigenvalue weighted by Crippen LogP contribution is -2.51. The molecule has 3 heterocycles. The van der Waals surface area contributed by atoms with E-state index in [4.69, 9.17) is 9.47 Å². The average molecular weight is 461 g/mol. The molecule has 0 radical (unpaired) electrons. The van der Waals surface area contributed by atoms with Gasteiger partial charge < -0.3 is 14.4 Å². The molecule has 2 amide bonds. The van der Waals surface area contributed by atoms with Gasteiger partial charge in [0.1, 0.15) is 5.60 Å². The molecule has 2 aliphatic heterocycles. The molecule has 2 aliphatic rings. The molecule has 1 unspecified atom stereocenters. The van der Waals surface area contributed by atoms with Crippen LogP contribution in [0.3, 0.4) is 0 Å². The highest BCUT2D eigenvalue weighted by Crippen LogP contribution is 2.36. The maximum absolute atomic E-state index is 14.2. The van der Waals surface area contributed by atoms with Crippen LogP contribution < -0.4 is 5.32 Å². The topological polar surface area (TPSA) is 84.0 Å². The average Bonchev–Trinajstić information content (AvgIpc) is 3.08. The molecule has 0 aliphatic carbocycles. The smallest absolute Gasteiger partial charge is 0.413 e. The highest BCUT2D eigenvalue weighted by Gasteiger charge is 2.43. The fourth-order valence-corrected chi connectivity index (χ4v) is 4.57. The second-order valence-corrected chi connectivity index (χ2v) is 10.1. The van der Waals surface area contributed by atoms with Gasteiger partial charge in [-0.25, -0.2) is 18.6 Å². The third-order valence-electron chi connectivity index (χ3n) is 5.02. The number of aromatic nitrogens is 1. The lowest BCUT2D eigenvalue weighted by Gasteiger charge is -2.41. The predicted octanol–water partition coefficient (Wildman–Crippen LogP) is 3.51. The molecule has 174 valence electrons. The summed E-state index contributed by atoms with van der Waals surface area (Å²) in [6, 6.07) is -0.587. The molecule has 1 aromatic heterocycles. The normalized spacial score (nSPS) is 23.5. The van der Waals surface area contributed by atoms with Crippen LogP contribution in [-0.2, 0) is 14.3 Å². The van der Waals surface area contributed by atoms with Crippen LogP contribution in [0.25, 0.3) is 0 Å². The lowest BCUT2D eigenvalue weighted by atomic mass is 10.0. The molecular formula is C20H30F2N4O4S. The summed E-state index contributed by atoms with van der Waals surface area (Å²) >= 11 is 1.16. The maximum Gasteiger partial charge on any atom is 0.413 e. The van der Waals surface area contributed by atoms with Gasteiger partial charge >= 0.3 is 6.09 Å². The van der Waals surface area contributed by atoms with Crippen LogP contribution >= 0.6 is 11.3 Å². The van der Waals surface area contributed by atoms with E-state index >= 15 is 0 Å². The number of halogens is 2. The molecule has 1 aromatic rings. The molecule has 11 heteroatoms.